The molecule has 1 aromatic carbocycles. The van der Waals surface area contributed by atoms with E-state index >= 15 is 0 Å². The summed E-state index contributed by atoms with van der Waals surface area (Å²) in [5.74, 6) is -1.01. The van der Waals surface area contributed by atoms with Crippen molar-refractivity contribution in [3.8, 4) is 11.3 Å². The van der Waals surface area contributed by atoms with Crippen LogP contribution >= 0.6 is 11.6 Å². The predicted octanol–water partition coefficient (Wildman–Crippen LogP) is 3.99. The van der Waals surface area contributed by atoms with Crippen LogP contribution in [0.4, 0.5) is 13.2 Å². The van der Waals surface area contributed by atoms with Gasteiger partial charge in [-0.25, -0.2) is 18.2 Å². The van der Waals surface area contributed by atoms with Crippen LogP contribution in [0.1, 0.15) is 28.2 Å². The molecule has 0 aliphatic carbocycles. The lowest BCUT2D eigenvalue weighted by Gasteiger charge is -2.11. The maximum atomic E-state index is 14.0. The Bertz CT molecular complexity index is 677. The molecule has 0 saturated carbocycles. The molecule has 0 aliphatic heterocycles. The Morgan fingerprint density at radius 3 is 2.65 bits per heavy atom. The molecule has 0 radical (unpaired) electrons. The van der Waals surface area contributed by atoms with Gasteiger partial charge in [-0.15, -0.1) is 0 Å². The van der Waals surface area contributed by atoms with Crippen LogP contribution in [0, 0.1) is 12.7 Å². The Balaban J connectivity index is 2.74. The minimum Gasteiger partial charge on any atom is -0.296 e. The predicted molar refractivity (Wildman–Crippen MR) is 67.5 cm³/mol. The fourth-order valence-corrected chi connectivity index (χ4v) is 1.86. The Kier molecular flexibility index (Phi) is 4.04. The number of carbonyl (C=O) groups excluding carboxylic acids is 1. The zero-order chi connectivity index (χ0) is 14.9. The topological polar surface area (TPSA) is 42.9 Å². The third-order valence-corrected chi connectivity index (χ3v) is 3.01. The molecule has 2 aromatic rings. The minimum absolute atomic E-state index is 0.0397. The Hall–Kier alpha value is -1.95. The molecule has 1 heterocycles. The van der Waals surface area contributed by atoms with E-state index in [1.807, 2.05) is 0 Å². The molecule has 0 amide bonds. The van der Waals surface area contributed by atoms with Gasteiger partial charge in [0.15, 0.2) is 12.1 Å². The standard InChI is InChI=1S/C13H8ClF3N2O/c1-6-10(5-20)19-9(4-18-6)11-7(13(16)17)2-3-8(14)12(11)15/h2-5,13H,1H3. The smallest absolute Gasteiger partial charge is 0.264 e. The Morgan fingerprint density at radius 2 is 2.05 bits per heavy atom. The largest absolute Gasteiger partial charge is 0.296 e. The van der Waals surface area contributed by atoms with Crippen LogP contribution in [-0.4, -0.2) is 16.3 Å². The first-order valence-electron chi connectivity index (χ1n) is 5.51. The van der Waals surface area contributed by atoms with Crippen LogP contribution < -0.4 is 0 Å². The molecule has 0 fully saturated rings. The number of carbonyl (C=O) groups is 1. The lowest BCUT2D eigenvalue weighted by molar-refractivity contribution is 0.111. The molecule has 2 rings (SSSR count). The Morgan fingerprint density at radius 1 is 1.35 bits per heavy atom. The summed E-state index contributed by atoms with van der Waals surface area (Å²) < 4.78 is 39.9. The molecular weight excluding hydrogens is 293 g/mol. The van der Waals surface area contributed by atoms with E-state index in [4.69, 9.17) is 11.6 Å². The quantitative estimate of drug-likeness (QED) is 0.805. The molecule has 0 N–H and O–H groups in total. The van der Waals surface area contributed by atoms with E-state index in [1.54, 1.807) is 0 Å². The number of hydrogen-bond acceptors (Lipinski definition) is 3. The van der Waals surface area contributed by atoms with Crippen molar-refractivity contribution in [2.24, 2.45) is 0 Å². The second-order valence-corrected chi connectivity index (χ2v) is 4.38. The highest BCUT2D eigenvalue weighted by Crippen LogP contribution is 2.35. The van der Waals surface area contributed by atoms with E-state index in [0.29, 0.717) is 12.0 Å². The molecule has 1 aromatic heterocycles. The summed E-state index contributed by atoms with van der Waals surface area (Å²) in [5, 5.41) is -0.306. The second-order valence-electron chi connectivity index (χ2n) is 3.97. The second kappa shape index (κ2) is 5.58. The number of rotatable bonds is 3. The Labute approximate surface area is 117 Å². The van der Waals surface area contributed by atoms with E-state index < -0.39 is 23.4 Å². The van der Waals surface area contributed by atoms with E-state index in [-0.39, 0.29) is 16.4 Å². The van der Waals surface area contributed by atoms with E-state index in [9.17, 15) is 18.0 Å². The number of aromatic nitrogens is 2. The molecule has 0 bridgehead atoms. The van der Waals surface area contributed by atoms with E-state index in [2.05, 4.69) is 9.97 Å². The summed E-state index contributed by atoms with van der Waals surface area (Å²) in [7, 11) is 0. The molecule has 20 heavy (non-hydrogen) atoms. The monoisotopic (exact) mass is 300 g/mol. The summed E-state index contributed by atoms with van der Waals surface area (Å²) in [6, 6.07) is 2.07. The molecule has 0 saturated heterocycles. The fraction of sp³-hybridized carbons (Fsp3) is 0.154. The van der Waals surface area contributed by atoms with Crippen LogP contribution in [0.2, 0.25) is 5.02 Å². The molecule has 0 unspecified atom stereocenters. The molecular formula is C13H8ClF3N2O. The van der Waals surface area contributed by atoms with Gasteiger partial charge in [-0.1, -0.05) is 17.7 Å². The molecule has 3 nitrogen and oxygen atoms in total. The van der Waals surface area contributed by atoms with Gasteiger partial charge in [0.05, 0.1) is 22.6 Å². The first-order chi connectivity index (χ1) is 9.45. The summed E-state index contributed by atoms with van der Waals surface area (Å²) in [4.78, 5) is 18.5. The van der Waals surface area contributed by atoms with Gasteiger partial charge < -0.3 is 0 Å². The number of aryl methyl sites for hydroxylation is 1. The average molecular weight is 301 g/mol. The van der Waals surface area contributed by atoms with Gasteiger partial charge in [-0.2, -0.15) is 0 Å². The zero-order valence-electron chi connectivity index (χ0n) is 10.2. The first-order valence-corrected chi connectivity index (χ1v) is 5.88. The number of halogens is 4. The summed E-state index contributed by atoms with van der Waals surface area (Å²) in [5.41, 5.74) is -0.870. The third-order valence-electron chi connectivity index (χ3n) is 2.72. The summed E-state index contributed by atoms with van der Waals surface area (Å²) >= 11 is 5.61. The first kappa shape index (κ1) is 14.5. The van der Waals surface area contributed by atoms with Crippen molar-refractivity contribution in [2.75, 3.05) is 0 Å². The third kappa shape index (κ3) is 2.51. The number of aldehydes is 1. The van der Waals surface area contributed by atoms with Crippen molar-refractivity contribution >= 4 is 17.9 Å². The van der Waals surface area contributed by atoms with Crippen LogP contribution in [0.3, 0.4) is 0 Å². The molecule has 7 heteroatoms. The highest BCUT2D eigenvalue weighted by molar-refractivity contribution is 6.31. The van der Waals surface area contributed by atoms with Gasteiger partial charge in [0.25, 0.3) is 6.43 Å². The molecule has 104 valence electrons. The summed E-state index contributed by atoms with van der Waals surface area (Å²) in [6.07, 6.45) is -1.35. The maximum absolute atomic E-state index is 14.0. The molecule has 0 aliphatic rings. The number of alkyl halides is 2. The highest BCUT2D eigenvalue weighted by atomic mass is 35.5. The van der Waals surface area contributed by atoms with Gasteiger partial charge >= 0.3 is 0 Å². The van der Waals surface area contributed by atoms with Gasteiger partial charge in [-0.05, 0) is 13.0 Å². The van der Waals surface area contributed by atoms with Crippen LogP contribution in [-0.2, 0) is 0 Å². The van der Waals surface area contributed by atoms with Gasteiger partial charge in [-0.3, -0.25) is 9.78 Å². The average Bonchev–Trinajstić information content (AvgIpc) is 2.42. The van der Waals surface area contributed by atoms with Crippen molar-refractivity contribution in [3.63, 3.8) is 0 Å². The zero-order valence-corrected chi connectivity index (χ0v) is 11.0. The van der Waals surface area contributed by atoms with Crippen molar-refractivity contribution in [1.29, 1.82) is 0 Å². The van der Waals surface area contributed by atoms with Crippen LogP contribution in [0.5, 0.6) is 0 Å². The normalized spacial score (nSPS) is 10.9. The van der Waals surface area contributed by atoms with Gasteiger partial charge in [0.2, 0.25) is 0 Å². The lowest BCUT2D eigenvalue weighted by atomic mass is 10.0. The maximum Gasteiger partial charge on any atom is 0.264 e. The molecule has 0 spiro atoms. The highest BCUT2D eigenvalue weighted by Gasteiger charge is 2.22. The summed E-state index contributed by atoms with van der Waals surface area (Å²) in [6.45, 7) is 1.53. The SMILES string of the molecule is Cc1ncc(-c2c(C(F)F)ccc(Cl)c2F)nc1C=O. The van der Waals surface area contributed by atoms with E-state index in [1.165, 1.54) is 6.92 Å². The van der Waals surface area contributed by atoms with Crippen LogP contribution in [0.15, 0.2) is 18.3 Å². The van der Waals surface area contributed by atoms with Crippen molar-refractivity contribution in [1.82, 2.24) is 9.97 Å². The van der Waals surface area contributed by atoms with E-state index in [0.717, 1.165) is 18.3 Å². The van der Waals surface area contributed by atoms with Crippen LogP contribution in [0.25, 0.3) is 11.3 Å². The van der Waals surface area contributed by atoms with Crippen molar-refractivity contribution < 1.29 is 18.0 Å². The minimum atomic E-state index is -2.90. The number of hydrogen-bond donors (Lipinski definition) is 0. The van der Waals surface area contributed by atoms with Crippen molar-refractivity contribution in [2.45, 2.75) is 13.3 Å². The lowest BCUT2D eigenvalue weighted by Crippen LogP contribution is -2.02. The fourth-order valence-electron chi connectivity index (χ4n) is 1.70. The van der Waals surface area contributed by atoms with Gasteiger partial charge in [0, 0.05) is 11.1 Å². The van der Waals surface area contributed by atoms with Crippen molar-refractivity contribution in [3.05, 3.63) is 46.1 Å². The number of benzene rings is 1. The van der Waals surface area contributed by atoms with Gasteiger partial charge in [0.1, 0.15) is 5.69 Å². The number of nitrogens with zero attached hydrogens (tertiary/aromatic N) is 2. The molecule has 0 atom stereocenters.